The molecule has 1 aromatic carbocycles. The average molecular weight is 437 g/mol. The Labute approximate surface area is 177 Å². The van der Waals surface area contributed by atoms with Crippen LogP contribution in [0.5, 0.6) is 0 Å². The van der Waals surface area contributed by atoms with Gasteiger partial charge < -0.3 is 15.6 Å². The Morgan fingerprint density at radius 2 is 1.65 bits per heavy atom. The lowest BCUT2D eigenvalue weighted by molar-refractivity contribution is -0.761. The van der Waals surface area contributed by atoms with Gasteiger partial charge in [0.15, 0.2) is 25.1 Å². The molecule has 0 radical (unpaired) electrons. The van der Waals surface area contributed by atoms with Crippen LogP contribution in [-0.4, -0.2) is 84.0 Å². The van der Waals surface area contributed by atoms with Crippen LogP contribution >= 0.6 is 0 Å². The molecule has 0 aliphatic carbocycles. The number of carbonyl (C=O) groups excluding carboxylic acids is 4. The van der Waals surface area contributed by atoms with Gasteiger partial charge >= 0.3 is 0 Å². The Bertz CT molecular complexity index is 903. The van der Waals surface area contributed by atoms with E-state index in [0.717, 1.165) is 21.9 Å². The number of aldehydes is 2. The number of hydrogen-bond acceptors (Lipinski definition) is 10. The van der Waals surface area contributed by atoms with E-state index >= 15 is 0 Å². The van der Waals surface area contributed by atoms with Crippen molar-refractivity contribution in [1.82, 2.24) is 14.8 Å². The van der Waals surface area contributed by atoms with E-state index < -0.39 is 23.6 Å². The number of hydrazone groups is 1. The van der Waals surface area contributed by atoms with E-state index in [1.807, 2.05) is 0 Å². The van der Waals surface area contributed by atoms with Crippen molar-refractivity contribution in [2.24, 2.45) is 16.8 Å². The Morgan fingerprint density at radius 1 is 1.13 bits per heavy atom. The molecule has 0 bridgehead atoms. The molecule has 14 heteroatoms. The number of likely N-dealkylation sites (N-methyl/N-ethyl adjacent to an activating group) is 2. The maximum atomic E-state index is 12.9. The van der Waals surface area contributed by atoms with E-state index in [9.17, 15) is 29.3 Å². The lowest BCUT2D eigenvalue weighted by Gasteiger charge is -2.24. The van der Waals surface area contributed by atoms with Gasteiger partial charge in [0, 0.05) is 31.8 Å². The molecule has 0 aliphatic heterocycles. The van der Waals surface area contributed by atoms with Crippen LogP contribution in [0.4, 0.5) is 0 Å². The monoisotopic (exact) mass is 437 g/mol. The third kappa shape index (κ3) is 6.20. The summed E-state index contributed by atoms with van der Waals surface area (Å²) in [6.45, 7) is 1.30. The maximum Gasteiger partial charge on any atom is 0.296 e. The first kappa shape index (κ1) is 25.0. The molecule has 0 saturated carbocycles. The van der Waals surface area contributed by atoms with Gasteiger partial charge in [-0.2, -0.15) is 5.10 Å². The molecule has 1 aromatic rings. The van der Waals surface area contributed by atoms with E-state index in [0.29, 0.717) is 19.1 Å². The SMILES string of the molecule is CCN(N)/C(CN(C)C(=O)c1cc(C(=O)N(C)CO[N+](=O)[O-])c(C=O)cc1C=O)=N\N. The summed E-state index contributed by atoms with van der Waals surface area (Å²) in [6, 6.07) is 2.15. The standard InChI is InChI=1S/C17H23N7O7/c1-4-23(19)15(20-18)7-21(2)16(27)13-6-14(12(9-26)5-11(13)8-25)17(28)22(3)10-31-24(29)30/h5-6,8-9H,4,7,10,18-19H2,1-3H3/b20-15-. The van der Waals surface area contributed by atoms with Gasteiger partial charge in [-0.25, -0.2) is 5.84 Å². The zero-order chi connectivity index (χ0) is 23.7. The second-order valence-corrected chi connectivity index (χ2v) is 6.24. The van der Waals surface area contributed by atoms with Crippen LogP contribution in [0.25, 0.3) is 0 Å². The van der Waals surface area contributed by atoms with Crippen molar-refractivity contribution in [3.63, 3.8) is 0 Å². The molecule has 0 fully saturated rings. The highest BCUT2D eigenvalue weighted by Gasteiger charge is 2.24. The summed E-state index contributed by atoms with van der Waals surface area (Å²) in [7, 11) is 2.60. The smallest absolute Gasteiger partial charge is 0.296 e. The minimum absolute atomic E-state index is 0.104. The molecule has 0 heterocycles. The summed E-state index contributed by atoms with van der Waals surface area (Å²) in [5, 5.41) is 14.0. The van der Waals surface area contributed by atoms with Crippen molar-refractivity contribution < 1.29 is 29.1 Å². The van der Waals surface area contributed by atoms with Crippen molar-refractivity contribution in [2.75, 3.05) is 33.9 Å². The van der Waals surface area contributed by atoms with E-state index in [4.69, 9.17) is 11.7 Å². The van der Waals surface area contributed by atoms with Gasteiger partial charge in [-0.1, -0.05) is 0 Å². The number of nitrogens with two attached hydrogens (primary N) is 2. The second kappa shape index (κ2) is 11.2. The lowest BCUT2D eigenvalue weighted by atomic mass is 9.97. The first-order valence-corrected chi connectivity index (χ1v) is 8.76. The number of rotatable bonds is 10. The van der Waals surface area contributed by atoms with Crippen molar-refractivity contribution in [3.05, 3.63) is 44.5 Å². The van der Waals surface area contributed by atoms with Gasteiger partial charge in [-0.05, 0) is 19.1 Å². The number of hydrazine groups is 1. The first-order chi connectivity index (χ1) is 14.6. The highest BCUT2D eigenvalue weighted by Crippen LogP contribution is 2.19. The van der Waals surface area contributed by atoms with E-state index in [1.54, 1.807) is 6.92 Å². The van der Waals surface area contributed by atoms with Gasteiger partial charge in [0.05, 0.1) is 17.7 Å². The number of hydrogen-bond donors (Lipinski definition) is 2. The topological polar surface area (TPSA) is 195 Å². The summed E-state index contributed by atoms with van der Waals surface area (Å²) in [6.07, 6.45) is 0.689. The molecule has 31 heavy (non-hydrogen) atoms. The number of benzene rings is 1. The summed E-state index contributed by atoms with van der Waals surface area (Å²) in [4.78, 5) is 65.0. The van der Waals surface area contributed by atoms with Crippen LogP contribution in [0.1, 0.15) is 48.4 Å². The molecule has 0 aromatic heterocycles. The largest absolute Gasteiger partial charge is 0.334 e. The minimum atomic E-state index is -1.09. The fraction of sp³-hybridized carbons (Fsp3) is 0.353. The Balaban J connectivity index is 3.34. The van der Waals surface area contributed by atoms with Crippen LogP contribution in [0.3, 0.4) is 0 Å². The Morgan fingerprint density at radius 3 is 2.06 bits per heavy atom. The van der Waals surface area contributed by atoms with Gasteiger partial charge in [-0.3, -0.25) is 29.0 Å². The maximum absolute atomic E-state index is 12.9. The average Bonchev–Trinajstić information content (AvgIpc) is 2.77. The number of amidine groups is 1. The Kier molecular flexibility index (Phi) is 9.02. The summed E-state index contributed by atoms with van der Waals surface area (Å²) >= 11 is 0. The molecule has 0 spiro atoms. The summed E-state index contributed by atoms with van der Waals surface area (Å²) in [5.74, 6) is 9.71. The van der Waals surface area contributed by atoms with Crippen LogP contribution < -0.4 is 11.7 Å². The molecule has 0 aliphatic rings. The number of nitrogens with zero attached hydrogens (tertiary/aromatic N) is 5. The van der Waals surface area contributed by atoms with E-state index in [2.05, 4.69) is 9.94 Å². The number of carbonyl (C=O) groups is 4. The predicted molar refractivity (Wildman–Crippen MR) is 107 cm³/mol. The van der Waals surface area contributed by atoms with E-state index in [1.165, 1.54) is 19.1 Å². The normalized spacial score (nSPS) is 10.8. The van der Waals surface area contributed by atoms with Crippen molar-refractivity contribution in [3.8, 4) is 0 Å². The first-order valence-electron chi connectivity index (χ1n) is 8.76. The van der Waals surface area contributed by atoms with Crippen LogP contribution in [0, 0.1) is 10.1 Å². The molecule has 0 unspecified atom stereocenters. The summed E-state index contributed by atoms with van der Waals surface area (Å²) < 4.78 is 0. The van der Waals surface area contributed by atoms with Crippen molar-refractivity contribution >= 4 is 30.2 Å². The van der Waals surface area contributed by atoms with Gasteiger partial charge in [0.25, 0.3) is 16.9 Å². The molecule has 2 amide bonds. The second-order valence-electron chi connectivity index (χ2n) is 6.24. The highest BCUT2D eigenvalue weighted by molar-refractivity contribution is 6.08. The molecule has 1 rings (SSSR count). The van der Waals surface area contributed by atoms with Gasteiger partial charge in [-0.15, -0.1) is 10.1 Å². The molecule has 0 saturated heterocycles. The molecule has 4 N–H and O–H groups in total. The van der Waals surface area contributed by atoms with E-state index in [-0.39, 0.29) is 34.6 Å². The molecule has 14 nitrogen and oxygen atoms in total. The van der Waals surface area contributed by atoms with Crippen LogP contribution in [-0.2, 0) is 4.84 Å². The summed E-state index contributed by atoms with van der Waals surface area (Å²) in [5.41, 5.74) is -0.728. The fourth-order valence-corrected chi connectivity index (χ4v) is 2.48. The molecule has 168 valence electrons. The molecular weight excluding hydrogens is 414 g/mol. The zero-order valence-electron chi connectivity index (χ0n) is 17.2. The zero-order valence-corrected chi connectivity index (χ0v) is 17.2. The fourth-order valence-electron chi connectivity index (χ4n) is 2.48. The van der Waals surface area contributed by atoms with Crippen LogP contribution in [0.15, 0.2) is 17.2 Å². The predicted octanol–water partition coefficient (Wildman–Crippen LogP) is -0.911. The minimum Gasteiger partial charge on any atom is -0.334 e. The van der Waals surface area contributed by atoms with Gasteiger partial charge in [0.1, 0.15) is 0 Å². The Hall–Kier alpha value is -4.07. The van der Waals surface area contributed by atoms with Crippen molar-refractivity contribution in [2.45, 2.75) is 6.92 Å². The van der Waals surface area contributed by atoms with Crippen molar-refractivity contribution in [1.29, 1.82) is 0 Å². The molecular formula is C17H23N7O7. The van der Waals surface area contributed by atoms with Gasteiger partial charge in [0.2, 0.25) is 0 Å². The van der Waals surface area contributed by atoms with Crippen LogP contribution in [0.2, 0.25) is 0 Å². The third-order valence-corrected chi connectivity index (χ3v) is 4.19. The quantitative estimate of drug-likeness (QED) is 0.0879. The molecule has 0 atom stereocenters. The third-order valence-electron chi connectivity index (χ3n) is 4.19. The lowest BCUT2D eigenvalue weighted by Crippen LogP contribution is -2.45. The highest BCUT2D eigenvalue weighted by atomic mass is 17.0. The number of amides is 2.